The molecule has 0 aliphatic heterocycles. The lowest BCUT2D eigenvalue weighted by Crippen LogP contribution is -2.30. The van der Waals surface area contributed by atoms with Gasteiger partial charge in [0.1, 0.15) is 15.5 Å². The number of hydrogen-bond donors (Lipinski definition) is 2. The number of carbonyl (C=O) groups excluding carboxylic acids is 1. The van der Waals surface area contributed by atoms with E-state index in [9.17, 15) is 18.0 Å². The van der Waals surface area contributed by atoms with Gasteiger partial charge in [-0.2, -0.15) is 0 Å². The van der Waals surface area contributed by atoms with Crippen molar-refractivity contribution in [1.82, 2.24) is 10.3 Å². The van der Waals surface area contributed by atoms with Gasteiger partial charge < -0.3 is 10.3 Å². The molecule has 0 spiro atoms. The third-order valence-electron chi connectivity index (χ3n) is 1.77. The molecule has 1 amide bonds. The van der Waals surface area contributed by atoms with Gasteiger partial charge in [-0.05, 0) is 6.07 Å². The van der Waals surface area contributed by atoms with Crippen LogP contribution < -0.4 is 10.9 Å². The highest BCUT2D eigenvalue weighted by Gasteiger charge is 2.07. The molecule has 0 radical (unpaired) electrons. The monoisotopic (exact) mass is 244 g/mol. The van der Waals surface area contributed by atoms with Crippen LogP contribution in [0.15, 0.2) is 23.0 Å². The molecule has 88 valence electrons. The molecule has 0 aromatic carbocycles. The van der Waals surface area contributed by atoms with E-state index in [4.69, 9.17) is 0 Å². The topological polar surface area (TPSA) is 96.1 Å². The smallest absolute Gasteiger partial charge is 0.267 e. The number of carbonyl (C=O) groups is 1. The van der Waals surface area contributed by atoms with Crippen LogP contribution >= 0.6 is 0 Å². The first-order valence-electron chi connectivity index (χ1n) is 4.54. The van der Waals surface area contributed by atoms with Crippen molar-refractivity contribution in [3.05, 3.63) is 34.2 Å². The standard InChI is InChI=1S/C9H12N2O4S/c1-16(14,15)6-5-10-9(13)7-3-2-4-8(12)11-7/h2-4H,5-6H2,1H3,(H,10,13)(H,11,12). The predicted molar refractivity (Wildman–Crippen MR) is 59.1 cm³/mol. The largest absolute Gasteiger partial charge is 0.350 e. The average Bonchev–Trinajstić information content (AvgIpc) is 2.15. The van der Waals surface area contributed by atoms with Crippen molar-refractivity contribution >= 4 is 15.7 Å². The van der Waals surface area contributed by atoms with Gasteiger partial charge in [0.2, 0.25) is 5.56 Å². The number of amides is 1. The molecule has 1 aromatic heterocycles. The molecule has 1 heterocycles. The van der Waals surface area contributed by atoms with Crippen LogP contribution in [-0.4, -0.2) is 37.9 Å². The molecule has 0 saturated carbocycles. The maximum absolute atomic E-state index is 11.4. The summed E-state index contributed by atoms with van der Waals surface area (Å²) in [7, 11) is -3.10. The van der Waals surface area contributed by atoms with Crippen LogP contribution in [0.2, 0.25) is 0 Å². The molecule has 0 atom stereocenters. The average molecular weight is 244 g/mol. The number of hydrogen-bond acceptors (Lipinski definition) is 4. The molecule has 6 nitrogen and oxygen atoms in total. The number of sulfone groups is 1. The first kappa shape index (κ1) is 12.4. The maximum atomic E-state index is 11.4. The Morgan fingerprint density at radius 2 is 2.12 bits per heavy atom. The predicted octanol–water partition coefficient (Wildman–Crippen LogP) is -0.851. The number of aromatic nitrogens is 1. The normalized spacial score (nSPS) is 11.1. The highest BCUT2D eigenvalue weighted by Crippen LogP contribution is 1.89. The van der Waals surface area contributed by atoms with Crippen molar-refractivity contribution in [2.24, 2.45) is 0 Å². The van der Waals surface area contributed by atoms with E-state index in [1.807, 2.05) is 0 Å². The minimum Gasteiger partial charge on any atom is -0.350 e. The van der Waals surface area contributed by atoms with Gasteiger partial charge in [-0.25, -0.2) is 8.42 Å². The van der Waals surface area contributed by atoms with E-state index in [0.29, 0.717) is 0 Å². The van der Waals surface area contributed by atoms with Crippen LogP contribution in [0.5, 0.6) is 0 Å². The Balaban J connectivity index is 2.57. The number of rotatable bonds is 4. The fourth-order valence-electron chi connectivity index (χ4n) is 1.03. The van der Waals surface area contributed by atoms with Gasteiger partial charge in [0.05, 0.1) is 5.75 Å². The van der Waals surface area contributed by atoms with E-state index >= 15 is 0 Å². The van der Waals surface area contributed by atoms with Gasteiger partial charge in [-0.1, -0.05) is 6.07 Å². The molecule has 0 aliphatic carbocycles. The minimum atomic E-state index is -3.10. The van der Waals surface area contributed by atoms with Crippen LogP contribution in [0.3, 0.4) is 0 Å². The summed E-state index contributed by atoms with van der Waals surface area (Å²) in [5.74, 6) is -0.628. The zero-order valence-electron chi connectivity index (χ0n) is 8.69. The van der Waals surface area contributed by atoms with E-state index in [1.54, 1.807) is 0 Å². The fraction of sp³-hybridized carbons (Fsp3) is 0.333. The Bertz CT molecular complexity index is 532. The molecule has 1 aromatic rings. The fourth-order valence-corrected chi connectivity index (χ4v) is 1.50. The Labute approximate surface area is 92.6 Å². The number of H-pyrrole nitrogens is 1. The first-order chi connectivity index (χ1) is 7.38. The zero-order valence-corrected chi connectivity index (χ0v) is 9.50. The number of aromatic amines is 1. The Kier molecular flexibility index (Phi) is 3.83. The van der Waals surface area contributed by atoms with Gasteiger partial charge in [0.25, 0.3) is 5.91 Å². The highest BCUT2D eigenvalue weighted by molar-refractivity contribution is 7.90. The lowest BCUT2D eigenvalue weighted by molar-refractivity contribution is 0.0951. The summed E-state index contributed by atoms with van der Waals surface area (Å²) in [5, 5.41) is 2.39. The Morgan fingerprint density at radius 3 is 2.69 bits per heavy atom. The zero-order chi connectivity index (χ0) is 12.2. The molecule has 0 fully saturated rings. The van der Waals surface area contributed by atoms with Crippen LogP contribution in [0.1, 0.15) is 10.5 Å². The molecular weight excluding hydrogens is 232 g/mol. The molecule has 2 N–H and O–H groups in total. The van der Waals surface area contributed by atoms with Crippen molar-refractivity contribution in [3.8, 4) is 0 Å². The van der Waals surface area contributed by atoms with Gasteiger partial charge in [-0.3, -0.25) is 9.59 Å². The van der Waals surface area contributed by atoms with E-state index in [2.05, 4.69) is 10.3 Å². The van der Waals surface area contributed by atoms with Crippen LogP contribution in [0, 0.1) is 0 Å². The van der Waals surface area contributed by atoms with E-state index < -0.39 is 15.7 Å². The lowest BCUT2D eigenvalue weighted by Gasteiger charge is -2.03. The van der Waals surface area contributed by atoms with Crippen molar-refractivity contribution in [2.45, 2.75) is 0 Å². The third kappa shape index (κ3) is 4.26. The van der Waals surface area contributed by atoms with Crippen molar-refractivity contribution in [3.63, 3.8) is 0 Å². The molecule has 1 rings (SSSR count). The maximum Gasteiger partial charge on any atom is 0.267 e. The summed E-state index contributed by atoms with van der Waals surface area (Å²) < 4.78 is 21.6. The van der Waals surface area contributed by atoms with Gasteiger partial charge in [0.15, 0.2) is 0 Å². The molecule has 0 aliphatic rings. The minimum absolute atomic E-state index is 0.0224. The van der Waals surface area contributed by atoms with Crippen molar-refractivity contribution < 1.29 is 13.2 Å². The Hall–Kier alpha value is -1.63. The summed E-state index contributed by atoms with van der Waals surface area (Å²) in [6.07, 6.45) is 1.09. The summed E-state index contributed by atoms with van der Waals surface area (Å²) >= 11 is 0. The highest BCUT2D eigenvalue weighted by atomic mass is 32.2. The van der Waals surface area contributed by atoms with Crippen LogP contribution in [0.25, 0.3) is 0 Å². The van der Waals surface area contributed by atoms with E-state index in [0.717, 1.165) is 6.26 Å². The molecule has 0 bridgehead atoms. The number of nitrogens with one attached hydrogen (secondary N) is 2. The SMILES string of the molecule is CS(=O)(=O)CCNC(=O)c1cccc(=O)[nH]1. The van der Waals surface area contributed by atoms with Gasteiger partial charge in [-0.15, -0.1) is 0 Å². The van der Waals surface area contributed by atoms with E-state index in [-0.39, 0.29) is 23.6 Å². The molecule has 0 unspecified atom stereocenters. The van der Waals surface area contributed by atoms with Crippen molar-refractivity contribution in [1.29, 1.82) is 0 Å². The summed E-state index contributed by atoms with van der Waals surface area (Å²) in [4.78, 5) is 24.6. The second-order valence-electron chi connectivity index (χ2n) is 3.31. The quantitative estimate of drug-likeness (QED) is 0.721. The molecule has 16 heavy (non-hydrogen) atoms. The van der Waals surface area contributed by atoms with Crippen LogP contribution in [-0.2, 0) is 9.84 Å². The van der Waals surface area contributed by atoms with Gasteiger partial charge in [0, 0.05) is 18.9 Å². The number of pyridine rings is 1. The van der Waals surface area contributed by atoms with Crippen molar-refractivity contribution in [2.75, 3.05) is 18.6 Å². The second kappa shape index (κ2) is 4.93. The van der Waals surface area contributed by atoms with Crippen LogP contribution in [0.4, 0.5) is 0 Å². The van der Waals surface area contributed by atoms with E-state index in [1.165, 1.54) is 18.2 Å². The summed E-state index contributed by atoms with van der Waals surface area (Å²) in [5.41, 5.74) is -0.267. The summed E-state index contributed by atoms with van der Waals surface area (Å²) in [6, 6.07) is 4.18. The molecule has 7 heteroatoms. The molecule has 0 saturated heterocycles. The molecular formula is C9H12N2O4S. The van der Waals surface area contributed by atoms with Gasteiger partial charge >= 0.3 is 0 Å². The summed E-state index contributed by atoms with van der Waals surface area (Å²) in [6.45, 7) is 0.0224. The first-order valence-corrected chi connectivity index (χ1v) is 6.60. The second-order valence-corrected chi connectivity index (χ2v) is 5.57. The third-order valence-corrected chi connectivity index (χ3v) is 2.72. The lowest BCUT2D eigenvalue weighted by atomic mass is 10.3. The Morgan fingerprint density at radius 1 is 1.44 bits per heavy atom.